The van der Waals surface area contributed by atoms with Crippen LogP contribution in [0.4, 0.5) is 0 Å². The number of aromatic nitrogens is 1. The van der Waals surface area contributed by atoms with Gasteiger partial charge in [0.25, 0.3) is 5.56 Å². The molecular weight excluding hydrogens is 178 g/mol. The van der Waals surface area contributed by atoms with Crippen LogP contribution in [-0.2, 0) is 7.05 Å². The van der Waals surface area contributed by atoms with E-state index in [-0.39, 0.29) is 16.9 Å². The highest BCUT2D eigenvalue weighted by atomic mass is 35.5. The normalized spacial score (nSPS) is 9.92. The third kappa shape index (κ3) is 1.56. The highest BCUT2D eigenvalue weighted by molar-refractivity contribution is 6.33. The van der Waals surface area contributed by atoms with E-state index in [1.807, 2.05) is 0 Å². The lowest BCUT2D eigenvalue weighted by molar-refractivity contribution is 0.101. The lowest BCUT2D eigenvalue weighted by atomic mass is 10.2. The molecule has 0 spiro atoms. The van der Waals surface area contributed by atoms with Crippen LogP contribution in [0.3, 0.4) is 0 Å². The molecule has 0 atom stereocenters. The fraction of sp³-hybridized carbons (Fsp3) is 0.250. The van der Waals surface area contributed by atoms with Crippen molar-refractivity contribution in [2.24, 2.45) is 7.05 Å². The van der Waals surface area contributed by atoms with Crippen molar-refractivity contribution in [1.29, 1.82) is 0 Å². The van der Waals surface area contributed by atoms with Gasteiger partial charge in [0, 0.05) is 24.9 Å². The van der Waals surface area contributed by atoms with Crippen LogP contribution < -0.4 is 5.56 Å². The minimum absolute atomic E-state index is 0.197. The molecule has 1 aromatic rings. The average molecular weight is 186 g/mol. The molecule has 0 saturated heterocycles. The lowest BCUT2D eigenvalue weighted by Gasteiger charge is -2.01. The number of hydrogen-bond donors (Lipinski definition) is 0. The molecule has 3 nitrogen and oxygen atoms in total. The summed E-state index contributed by atoms with van der Waals surface area (Å²) in [6.45, 7) is 1.38. The quantitative estimate of drug-likeness (QED) is 0.618. The second-order valence-electron chi connectivity index (χ2n) is 2.54. The van der Waals surface area contributed by atoms with Gasteiger partial charge in [-0.05, 0) is 6.92 Å². The van der Waals surface area contributed by atoms with E-state index in [4.69, 9.17) is 11.6 Å². The Bertz CT molecular complexity index is 381. The number of rotatable bonds is 1. The topological polar surface area (TPSA) is 39.1 Å². The minimum atomic E-state index is -0.232. The molecule has 0 unspecified atom stereocenters. The number of halogens is 1. The Morgan fingerprint density at radius 1 is 1.58 bits per heavy atom. The van der Waals surface area contributed by atoms with Crippen LogP contribution in [0.15, 0.2) is 17.1 Å². The number of carbonyl (C=O) groups is 1. The van der Waals surface area contributed by atoms with Gasteiger partial charge in [-0.15, -0.1) is 0 Å². The molecule has 1 aromatic heterocycles. The molecule has 0 N–H and O–H groups in total. The van der Waals surface area contributed by atoms with Gasteiger partial charge in [0.05, 0.1) is 5.02 Å². The number of nitrogens with zero attached hydrogens (tertiary/aromatic N) is 1. The monoisotopic (exact) mass is 185 g/mol. The molecule has 0 bridgehead atoms. The molecule has 0 aliphatic rings. The number of carbonyl (C=O) groups excluding carboxylic acids is 1. The Morgan fingerprint density at radius 3 is 2.67 bits per heavy atom. The molecule has 0 saturated carbocycles. The van der Waals surface area contributed by atoms with Crippen LogP contribution in [-0.4, -0.2) is 10.4 Å². The van der Waals surface area contributed by atoms with Gasteiger partial charge in [-0.3, -0.25) is 9.59 Å². The maximum atomic E-state index is 11.0. The van der Waals surface area contributed by atoms with Gasteiger partial charge >= 0.3 is 0 Å². The summed E-state index contributed by atoms with van der Waals surface area (Å²) in [6.07, 6.45) is 1.43. The van der Waals surface area contributed by atoms with Gasteiger partial charge in [0.2, 0.25) is 0 Å². The molecule has 0 aliphatic heterocycles. The number of pyridine rings is 1. The van der Waals surface area contributed by atoms with Gasteiger partial charge in [-0.25, -0.2) is 0 Å². The van der Waals surface area contributed by atoms with Crippen molar-refractivity contribution in [2.75, 3.05) is 0 Å². The van der Waals surface area contributed by atoms with Gasteiger partial charge in [0.1, 0.15) is 0 Å². The third-order valence-electron chi connectivity index (χ3n) is 1.56. The molecule has 1 rings (SSSR count). The summed E-state index contributed by atoms with van der Waals surface area (Å²) in [5.41, 5.74) is 0.0457. The first kappa shape index (κ1) is 9.00. The van der Waals surface area contributed by atoms with Crippen molar-refractivity contribution in [3.05, 3.63) is 33.2 Å². The second-order valence-corrected chi connectivity index (χ2v) is 2.95. The van der Waals surface area contributed by atoms with Crippen LogP contribution >= 0.6 is 11.6 Å². The molecular formula is C8H8ClNO2. The largest absolute Gasteiger partial charge is 0.317 e. The van der Waals surface area contributed by atoms with Crippen molar-refractivity contribution in [2.45, 2.75) is 6.92 Å². The zero-order valence-corrected chi connectivity index (χ0v) is 7.55. The zero-order chi connectivity index (χ0) is 9.30. The summed E-state index contributed by atoms with van der Waals surface area (Å²) in [6, 6.07) is 1.24. The Kier molecular flexibility index (Phi) is 2.33. The molecule has 0 fully saturated rings. The van der Waals surface area contributed by atoms with E-state index in [1.54, 1.807) is 7.05 Å². The van der Waals surface area contributed by atoms with Crippen molar-refractivity contribution in [1.82, 2.24) is 4.57 Å². The van der Waals surface area contributed by atoms with E-state index in [0.717, 1.165) is 0 Å². The first-order valence-corrected chi connectivity index (χ1v) is 3.77. The van der Waals surface area contributed by atoms with E-state index in [9.17, 15) is 9.59 Å². The molecule has 0 aromatic carbocycles. The summed E-state index contributed by atoms with van der Waals surface area (Å²) >= 11 is 5.72. The molecule has 0 aliphatic carbocycles. The highest BCUT2D eigenvalue weighted by Gasteiger charge is 2.06. The number of Topliss-reactive ketones (excluding diaryl/α,β-unsaturated/α-hetero) is 1. The Labute approximate surface area is 74.6 Å². The Balaban J connectivity index is 3.43. The summed E-state index contributed by atoms with van der Waals surface area (Å²) in [5.74, 6) is -0.197. The van der Waals surface area contributed by atoms with E-state index in [2.05, 4.69) is 0 Å². The smallest absolute Gasteiger partial charge is 0.251 e. The minimum Gasteiger partial charge on any atom is -0.317 e. The summed E-state index contributed by atoms with van der Waals surface area (Å²) in [7, 11) is 1.58. The van der Waals surface area contributed by atoms with Crippen molar-refractivity contribution < 1.29 is 4.79 Å². The molecule has 4 heteroatoms. The van der Waals surface area contributed by atoms with Crippen LogP contribution in [0.5, 0.6) is 0 Å². The maximum absolute atomic E-state index is 11.0. The first-order chi connectivity index (χ1) is 5.52. The van der Waals surface area contributed by atoms with E-state index >= 15 is 0 Å². The molecule has 0 amide bonds. The van der Waals surface area contributed by atoms with E-state index in [1.165, 1.54) is 23.8 Å². The maximum Gasteiger partial charge on any atom is 0.251 e. The fourth-order valence-electron chi connectivity index (χ4n) is 0.867. The van der Waals surface area contributed by atoms with Crippen LogP contribution in [0, 0.1) is 0 Å². The van der Waals surface area contributed by atoms with Gasteiger partial charge in [-0.1, -0.05) is 11.6 Å². The Morgan fingerprint density at radius 2 is 2.17 bits per heavy atom. The third-order valence-corrected chi connectivity index (χ3v) is 1.86. The van der Waals surface area contributed by atoms with E-state index in [0.29, 0.717) is 5.02 Å². The summed E-state index contributed by atoms with van der Waals surface area (Å²) < 4.78 is 1.33. The second kappa shape index (κ2) is 3.11. The molecule has 12 heavy (non-hydrogen) atoms. The van der Waals surface area contributed by atoms with Crippen LogP contribution in [0.25, 0.3) is 0 Å². The highest BCUT2D eigenvalue weighted by Crippen LogP contribution is 2.12. The molecule has 1 heterocycles. The van der Waals surface area contributed by atoms with Crippen LogP contribution in [0.2, 0.25) is 5.02 Å². The Hall–Kier alpha value is -1.09. The number of hydrogen-bond acceptors (Lipinski definition) is 2. The van der Waals surface area contributed by atoms with Crippen molar-refractivity contribution in [3.63, 3.8) is 0 Å². The van der Waals surface area contributed by atoms with Gasteiger partial charge < -0.3 is 4.57 Å². The van der Waals surface area contributed by atoms with Gasteiger partial charge in [0.15, 0.2) is 5.78 Å². The summed E-state index contributed by atoms with van der Waals surface area (Å²) in [4.78, 5) is 21.9. The summed E-state index contributed by atoms with van der Waals surface area (Å²) in [5, 5.41) is 0.310. The average Bonchev–Trinajstić information content (AvgIpc) is 1.96. The van der Waals surface area contributed by atoms with E-state index < -0.39 is 0 Å². The van der Waals surface area contributed by atoms with Crippen molar-refractivity contribution in [3.8, 4) is 0 Å². The molecule has 0 radical (unpaired) electrons. The standard InChI is InChI=1S/C8H8ClNO2/c1-5(11)6-3-8(12)10(2)4-7(6)9/h3-4H,1-2H3. The fourth-order valence-corrected chi connectivity index (χ4v) is 1.20. The first-order valence-electron chi connectivity index (χ1n) is 3.39. The number of ketones is 1. The SMILES string of the molecule is CC(=O)c1cc(=O)n(C)cc1Cl. The predicted molar refractivity (Wildman–Crippen MR) is 46.7 cm³/mol. The predicted octanol–water partition coefficient (Wildman–Crippen LogP) is 1.24. The van der Waals surface area contributed by atoms with Crippen LogP contribution in [0.1, 0.15) is 17.3 Å². The lowest BCUT2D eigenvalue weighted by Crippen LogP contribution is -2.16. The van der Waals surface area contributed by atoms with Crippen molar-refractivity contribution >= 4 is 17.4 Å². The van der Waals surface area contributed by atoms with Gasteiger partial charge in [-0.2, -0.15) is 0 Å². The number of aryl methyl sites for hydroxylation is 1. The zero-order valence-electron chi connectivity index (χ0n) is 6.80. The molecule has 64 valence electrons.